The summed E-state index contributed by atoms with van der Waals surface area (Å²) < 4.78 is 0. The molecule has 172 valence electrons. The number of nitrogens with one attached hydrogen (secondary N) is 1. The molecule has 3 atom stereocenters. The van der Waals surface area contributed by atoms with Gasteiger partial charge in [-0.3, -0.25) is 24.1 Å². The number of carbonyl (C=O) groups excluding carboxylic acids is 4. The fourth-order valence-electron chi connectivity index (χ4n) is 4.51. The van der Waals surface area contributed by atoms with E-state index in [-0.39, 0.29) is 48.4 Å². The number of imide groups is 1. The number of benzene rings is 1. The third kappa shape index (κ3) is 5.26. The Kier molecular flexibility index (Phi) is 8.20. The second kappa shape index (κ2) is 11.1. The Morgan fingerprint density at radius 3 is 2.25 bits per heavy atom. The molecule has 0 aromatic heterocycles. The van der Waals surface area contributed by atoms with Crippen LogP contribution in [0.5, 0.6) is 0 Å². The normalized spacial score (nSPS) is 20.8. The van der Waals surface area contributed by atoms with E-state index in [1.807, 2.05) is 56.3 Å². The van der Waals surface area contributed by atoms with Crippen LogP contribution in [0, 0.1) is 11.8 Å². The lowest BCUT2D eigenvalue weighted by molar-refractivity contribution is -0.144. The maximum atomic E-state index is 13.3. The molecule has 1 heterocycles. The number of likely N-dealkylation sites (tertiary alicyclic amines) is 1. The van der Waals surface area contributed by atoms with Crippen LogP contribution in [0.15, 0.2) is 42.5 Å². The highest BCUT2D eigenvalue weighted by Gasteiger charge is 2.47. The van der Waals surface area contributed by atoms with Gasteiger partial charge in [0, 0.05) is 26.1 Å². The van der Waals surface area contributed by atoms with Gasteiger partial charge in [0.2, 0.25) is 23.6 Å². The number of amides is 4. The second-order valence-corrected chi connectivity index (χ2v) is 8.46. The highest BCUT2D eigenvalue weighted by atomic mass is 16.2. The molecule has 1 unspecified atom stereocenters. The zero-order valence-electron chi connectivity index (χ0n) is 19.0. The molecule has 3 rings (SSSR count). The average molecular weight is 440 g/mol. The van der Waals surface area contributed by atoms with Crippen molar-refractivity contribution in [3.8, 4) is 0 Å². The molecule has 0 radical (unpaired) electrons. The lowest BCUT2D eigenvalue weighted by Crippen LogP contribution is -2.49. The van der Waals surface area contributed by atoms with Gasteiger partial charge >= 0.3 is 0 Å². The van der Waals surface area contributed by atoms with Crippen LogP contribution in [0.3, 0.4) is 0 Å². The predicted molar refractivity (Wildman–Crippen MR) is 121 cm³/mol. The van der Waals surface area contributed by atoms with Gasteiger partial charge in [-0.1, -0.05) is 56.3 Å². The van der Waals surface area contributed by atoms with Gasteiger partial charge in [-0.15, -0.1) is 0 Å². The highest BCUT2D eigenvalue weighted by Crippen LogP contribution is 2.35. The number of nitrogens with zero attached hydrogens (tertiary/aromatic N) is 2. The van der Waals surface area contributed by atoms with Crippen LogP contribution < -0.4 is 5.32 Å². The summed E-state index contributed by atoms with van der Waals surface area (Å²) in [5.74, 6) is -1.37. The number of fused-ring (bicyclic) bond motifs is 1. The predicted octanol–water partition coefficient (Wildman–Crippen LogP) is 2.66. The van der Waals surface area contributed by atoms with Gasteiger partial charge in [0.25, 0.3) is 0 Å². The number of hydrogen-bond acceptors (Lipinski definition) is 4. The van der Waals surface area contributed by atoms with E-state index >= 15 is 0 Å². The zero-order chi connectivity index (χ0) is 23.1. The highest BCUT2D eigenvalue weighted by molar-refractivity contribution is 6.05. The first-order chi connectivity index (χ1) is 15.5. The first kappa shape index (κ1) is 23.7. The van der Waals surface area contributed by atoms with Crippen LogP contribution >= 0.6 is 0 Å². The van der Waals surface area contributed by atoms with Crippen molar-refractivity contribution in [1.29, 1.82) is 0 Å². The minimum atomic E-state index is -0.606. The molecule has 32 heavy (non-hydrogen) atoms. The fraction of sp³-hybridized carbons (Fsp3) is 0.520. The largest absolute Gasteiger partial charge is 0.354 e. The smallest absolute Gasteiger partial charge is 0.242 e. The summed E-state index contributed by atoms with van der Waals surface area (Å²) in [6.45, 7) is 4.77. The van der Waals surface area contributed by atoms with Crippen LogP contribution in [0.2, 0.25) is 0 Å². The summed E-state index contributed by atoms with van der Waals surface area (Å²) in [5, 5.41) is 2.89. The van der Waals surface area contributed by atoms with Gasteiger partial charge in [0.05, 0.1) is 11.8 Å². The molecule has 7 heteroatoms. The summed E-state index contributed by atoms with van der Waals surface area (Å²) in [7, 11) is 0. The second-order valence-electron chi connectivity index (χ2n) is 8.46. The van der Waals surface area contributed by atoms with Crippen LogP contribution in [0.4, 0.5) is 0 Å². The molecule has 1 aromatic carbocycles. The summed E-state index contributed by atoms with van der Waals surface area (Å²) in [6.07, 6.45) is 6.35. The molecule has 0 saturated carbocycles. The minimum Gasteiger partial charge on any atom is -0.354 e. The molecular weight excluding hydrogens is 406 g/mol. The SMILES string of the molecule is CCCNC(=O)C(CC)N(Cc1ccccc1)C(=O)CCN1C(=O)[C@H]2CC=CC[C@H]2C1=O. The Morgan fingerprint density at radius 2 is 1.69 bits per heavy atom. The van der Waals surface area contributed by atoms with E-state index in [2.05, 4.69) is 5.32 Å². The first-order valence-corrected chi connectivity index (χ1v) is 11.6. The number of carbonyl (C=O) groups is 4. The van der Waals surface area contributed by atoms with Gasteiger partial charge in [0.15, 0.2) is 0 Å². The monoisotopic (exact) mass is 439 g/mol. The van der Waals surface area contributed by atoms with Crippen LogP contribution in [-0.4, -0.2) is 52.6 Å². The number of rotatable bonds is 10. The maximum Gasteiger partial charge on any atom is 0.242 e. The summed E-state index contributed by atoms with van der Waals surface area (Å²) in [4.78, 5) is 54.3. The van der Waals surface area contributed by atoms with Crippen LogP contribution in [0.1, 0.15) is 51.5 Å². The molecule has 1 aromatic rings. The molecule has 4 amide bonds. The standard InChI is InChI=1S/C25H33N3O4/c1-3-15-26-23(30)21(4-2)28(17-18-10-6-5-7-11-18)22(29)14-16-27-24(31)19-12-8-9-13-20(19)25(27)32/h5-11,19-21H,3-4,12-17H2,1-2H3,(H,26,30)/t19-,20+,21?. The third-order valence-electron chi connectivity index (χ3n) is 6.28. The van der Waals surface area contributed by atoms with Crippen LogP contribution in [0.25, 0.3) is 0 Å². The van der Waals surface area contributed by atoms with Gasteiger partial charge < -0.3 is 10.2 Å². The number of hydrogen-bond donors (Lipinski definition) is 1. The van der Waals surface area contributed by atoms with Gasteiger partial charge in [0.1, 0.15) is 6.04 Å². The van der Waals surface area contributed by atoms with Crippen molar-refractivity contribution in [1.82, 2.24) is 15.1 Å². The first-order valence-electron chi connectivity index (χ1n) is 11.6. The molecule has 1 aliphatic carbocycles. The van der Waals surface area contributed by atoms with Gasteiger partial charge in [-0.2, -0.15) is 0 Å². The molecule has 2 aliphatic rings. The Morgan fingerprint density at radius 1 is 1.06 bits per heavy atom. The quantitative estimate of drug-likeness (QED) is 0.449. The Bertz CT molecular complexity index is 841. The molecule has 1 saturated heterocycles. The van der Waals surface area contributed by atoms with E-state index in [1.54, 1.807) is 4.90 Å². The third-order valence-corrected chi connectivity index (χ3v) is 6.28. The van der Waals surface area contributed by atoms with E-state index in [9.17, 15) is 19.2 Å². The molecule has 1 fully saturated rings. The van der Waals surface area contributed by atoms with E-state index in [1.165, 1.54) is 4.90 Å². The summed E-state index contributed by atoms with van der Waals surface area (Å²) in [6, 6.07) is 8.93. The van der Waals surface area contributed by atoms with Crippen molar-refractivity contribution in [3.63, 3.8) is 0 Å². The van der Waals surface area contributed by atoms with Crippen molar-refractivity contribution in [3.05, 3.63) is 48.0 Å². The summed E-state index contributed by atoms with van der Waals surface area (Å²) >= 11 is 0. The molecule has 1 aliphatic heterocycles. The molecular formula is C25H33N3O4. The van der Waals surface area contributed by atoms with Crippen molar-refractivity contribution in [2.24, 2.45) is 11.8 Å². The van der Waals surface area contributed by atoms with Crippen molar-refractivity contribution in [2.45, 2.75) is 58.5 Å². The van der Waals surface area contributed by atoms with Gasteiger partial charge in [-0.25, -0.2) is 0 Å². The van der Waals surface area contributed by atoms with Crippen LogP contribution in [-0.2, 0) is 25.7 Å². The van der Waals surface area contributed by atoms with Crippen molar-refractivity contribution >= 4 is 23.6 Å². The Labute approximate surface area is 189 Å². The lowest BCUT2D eigenvalue weighted by Gasteiger charge is -2.31. The van der Waals surface area contributed by atoms with E-state index in [0.29, 0.717) is 32.4 Å². The van der Waals surface area contributed by atoms with E-state index < -0.39 is 6.04 Å². The average Bonchev–Trinajstić information content (AvgIpc) is 3.06. The molecule has 0 bridgehead atoms. The van der Waals surface area contributed by atoms with Crippen molar-refractivity contribution < 1.29 is 19.2 Å². The van der Waals surface area contributed by atoms with Gasteiger partial charge in [-0.05, 0) is 31.2 Å². The van der Waals surface area contributed by atoms with E-state index in [0.717, 1.165) is 12.0 Å². The van der Waals surface area contributed by atoms with E-state index in [4.69, 9.17) is 0 Å². The zero-order valence-corrected chi connectivity index (χ0v) is 19.0. The summed E-state index contributed by atoms with van der Waals surface area (Å²) in [5.41, 5.74) is 0.924. The molecule has 7 nitrogen and oxygen atoms in total. The molecule has 1 N–H and O–H groups in total. The topological polar surface area (TPSA) is 86.8 Å². The van der Waals surface area contributed by atoms with Crippen molar-refractivity contribution in [2.75, 3.05) is 13.1 Å². The lowest BCUT2D eigenvalue weighted by atomic mass is 9.85. The number of allylic oxidation sites excluding steroid dienone is 2. The Balaban J connectivity index is 1.72. The Hall–Kier alpha value is -2.96. The fourth-order valence-corrected chi connectivity index (χ4v) is 4.51. The minimum absolute atomic E-state index is 0.00867. The maximum absolute atomic E-state index is 13.3. The molecule has 0 spiro atoms.